The van der Waals surface area contributed by atoms with Gasteiger partial charge in [-0.3, -0.25) is 4.79 Å². The normalized spacial score (nSPS) is 12.5. The highest BCUT2D eigenvalue weighted by Crippen LogP contribution is 2.22. The van der Waals surface area contributed by atoms with Crippen molar-refractivity contribution in [1.29, 1.82) is 0 Å². The largest absolute Gasteiger partial charge is 0.481 e. The molecule has 0 aliphatic rings. The molecule has 0 bridgehead atoms. The van der Waals surface area contributed by atoms with Crippen LogP contribution in [0.3, 0.4) is 0 Å². The highest BCUT2D eigenvalue weighted by Gasteiger charge is 2.18. The quantitative estimate of drug-likeness (QED) is 0.830. The van der Waals surface area contributed by atoms with E-state index in [4.69, 9.17) is 5.11 Å². The van der Waals surface area contributed by atoms with E-state index in [1.165, 1.54) is 22.3 Å². The van der Waals surface area contributed by atoms with E-state index in [9.17, 15) is 4.79 Å². The average molecular weight is 224 g/mol. The minimum atomic E-state index is -0.873. The number of nitrogens with zero attached hydrogens (tertiary/aromatic N) is 4. The maximum absolute atomic E-state index is 10.7. The van der Waals surface area contributed by atoms with E-state index in [0.717, 1.165) is 5.56 Å². The van der Waals surface area contributed by atoms with Gasteiger partial charge in [-0.05, 0) is 32.8 Å². The van der Waals surface area contributed by atoms with Crippen molar-refractivity contribution in [3.63, 3.8) is 0 Å². The molecule has 2 aromatic rings. The van der Waals surface area contributed by atoms with E-state index in [2.05, 4.69) is 15.5 Å². The van der Waals surface area contributed by atoms with Gasteiger partial charge in [0.25, 0.3) is 0 Å². The molecule has 1 N–H and O–H groups in total. The number of aromatic nitrogens is 4. The lowest BCUT2D eigenvalue weighted by molar-refractivity contribution is -0.137. The maximum Gasteiger partial charge on any atom is 0.305 e. The van der Waals surface area contributed by atoms with Crippen molar-refractivity contribution in [1.82, 2.24) is 20.2 Å². The van der Waals surface area contributed by atoms with Crippen LogP contribution in [-0.4, -0.2) is 31.3 Å². The lowest BCUT2D eigenvalue weighted by atomic mass is 10.1. The summed E-state index contributed by atoms with van der Waals surface area (Å²) in [5, 5.41) is 23.3. The van der Waals surface area contributed by atoms with E-state index in [1.54, 1.807) is 0 Å². The summed E-state index contributed by atoms with van der Waals surface area (Å²) in [6, 6.07) is 1.55. The maximum atomic E-state index is 10.7. The van der Waals surface area contributed by atoms with Gasteiger partial charge in [0.15, 0.2) is 0 Å². The summed E-state index contributed by atoms with van der Waals surface area (Å²) in [5.74, 6) is -0.873. The molecular weight excluding hydrogens is 216 g/mol. The predicted molar refractivity (Wildman–Crippen MR) is 52.5 cm³/mol. The molecule has 7 heteroatoms. The number of thiophene rings is 1. The molecule has 0 fully saturated rings. The SMILES string of the molecule is O=C(O)CC(c1ccsc1)n1cnnn1. The van der Waals surface area contributed by atoms with Crippen LogP contribution >= 0.6 is 11.3 Å². The third kappa shape index (κ3) is 2.18. The standard InChI is InChI=1S/C8H8N4O2S/c13-8(14)3-7(6-1-2-15-4-6)12-5-9-10-11-12/h1-2,4-5,7H,3H2,(H,13,14). The van der Waals surface area contributed by atoms with Gasteiger partial charge in [-0.2, -0.15) is 11.3 Å². The molecule has 0 saturated carbocycles. The smallest absolute Gasteiger partial charge is 0.305 e. The van der Waals surface area contributed by atoms with Gasteiger partial charge in [0.1, 0.15) is 6.33 Å². The van der Waals surface area contributed by atoms with Crippen molar-refractivity contribution in [2.45, 2.75) is 12.5 Å². The Labute approximate surface area is 89.2 Å². The number of aliphatic carboxylic acids is 1. The third-order valence-corrected chi connectivity index (χ3v) is 2.68. The Bertz CT molecular complexity index is 391. The molecule has 1 unspecified atom stereocenters. The van der Waals surface area contributed by atoms with E-state index in [1.807, 2.05) is 16.8 Å². The topological polar surface area (TPSA) is 80.9 Å². The van der Waals surface area contributed by atoms with Crippen LogP contribution in [0.25, 0.3) is 0 Å². The van der Waals surface area contributed by atoms with Crippen LogP contribution in [0.15, 0.2) is 23.2 Å². The zero-order valence-electron chi connectivity index (χ0n) is 7.65. The van der Waals surface area contributed by atoms with Crippen molar-refractivity contribution >= 4 is 17.3 Å². The zero-order chi connectivity index (χ0) is 10.7. The second-order valence-corrected chi connectivity index (χ2v) is 3.74. The molecule has 0 spiro atoms. The van der Waals surface area contributed by atoms with Crippen molar-refractivity contribution in [3.8, 4) is 0 Å². The summed E-state index contributed by atoms with van der Waals surface area (Å²) >= 11 is 1.52. The fourth-order valence-corrected chi connectivity index (χ4v) is 2.01. The van der Waals surface area contributed by atoms with Crippen LogP contribution in [-0.2, 0) is 4.79 Å². The fourth-order valence-electron chi connectivity index (χ4n) is 1.31. The number of carboxylic acids is 1. The van der Waals surface area contributed by atoms with Gasteiger partial charge in [0.2, 0.25) is 0 Å². The molecular formula is C8H8N4O2S. The molecule has 1 atom stereocenters. The molecule has 0 aliphatic heterocycles. The Kier molecular flexibility index (Phi) is 2.72. The van der Waals surface area contributed by atoms with Gasteiger partial charge in [0, 0.05) is 0 Å². The summed E-state index contributed by atoms with van der Waals surface area (Å²) in [4.78, 5) is 10.7. The first-order chi connectivity index (χ1) is 7.27. The molecule has 0 aromatic carbocycles. The van der Waals surface area contributed by atoms with E-state index >= 15 is 0 Å². The highest BCUT2D eigenvalue weighted by molar-refractivity contribution is 7.07. The van der Waals surface area contributed by atoms with Crippen LogP contribution < -0.4 is 0 Å². The summed E-state index contributed by atoms with van der Waals surface area (Å²) in [7, 11) is 0. The van der Waals surface area contributed by atoms with E-state index in [0.29, 0.717) is 0 Å². The summed E-state index contributed by atoms with van der Waals surface area (Å²) < 4.78 is 1.45. The van der Waals surface area contributed by atoms with Crippen LogP contribution in [0.4, 0.5) is 0 Å². The van der Waals surface area contributed by atoms with Crippen molar-refractivity contribution in [2.24, 2.45) is 0 Å². The molecule has 0 aliphatic carbocycles. The van der Waals surface area contributed by atoms with Crippen LogP contribution in [0.2, 0.25) is 0 Å². The molecule has 0 radical (unpaired) electrons. The van der Waals surface area contributed by atoms with Gasteiger partial charge < -0.3 is 5.11 Å². The first kappa shape index (κ1) is 9.78. The molecule has 0 saturated heterocycles. The average Bonchev–Trinajstić information content (AvgIpc) is 2.87. The second-order valence-electron chi connectivity index (χ2n) is 2.96. The first-order valence-corrected chi connectivity index (χ1v) is 5.18. The van der Waals surface area contributed by atoms with Gasteiger partial charge in [-0.1, -0.05) is 0 Å². The van der Waals surface area contributed by atoms with Crippen LogP contribution in [0, 0.1) is 0 Å². The minimum absolute atomic E-state index is 0.0260. The Balaban J connectivity index is 2.29. The van der Waals surface area contributed by atoms with E-state index in [-0.39, 0.29) is 12.5 Å². The lowest BCUT2D eigenvalue weighted by Crippen LogP contribution is -2.15. The Hall–Kier alpha value is -1.76. The molecule has 78 valence electrons. The number of carboxylic acid groups (broad SMARTS) is 1. The lowest BCUT2D eigenvalue weighted by Gasteiger charge is -2.11. The minimum Gasteiger partial charge on any atom is -0.481 e. The molecule has 2 heterocycles. The zero-order valence-corrected chi connectivity index (χ0v) is 8.46. The van der Waals surface area contributed by atoms with Crippen molar-refractivity contribution in [3.05, 3.63) is 28.7 Å². The van der Waals surface area contributed by atoms with Gasteiger partial charge >= 0.3 is 5.97 Å². The number of carbonyl (C=O) groups is 1. The third-order valence-electron chi connectivity index (χ3n) is 1.98. The van der Waals surface area contributed by atoms with E-state index < -0.39 is 5.97 Å². The summed E-state index contributed by atoms with van der Waals surface area (Å²) in [5.41, 5.74) is 0.912. The van der Waals surface area contributed by atoms with Crippen LogP contribution in [0.1, 0.15) is 18.0 Å². The Morgan fingerprint density at radius 2 is 2.53 bits per heavy atom. The Morgan fingerprint density at radius 1 is 1.67 bits per heavy atom. The van der Waals surface area contributed by atoms with Crippen molar-refractivity contribution in [2.75, 3.05) is 0 Å². The molecule has 6 nitrogen and oxygen atoms in total. The highest BCUT2D eigenvalue weighted by atomic mass is 32.1. The predicted octanol–water partition coefficient (Wildman–Crippen LogP) is 0.799. The first-order valence-electron chi connectivity index (χ1n) is 4.23. The summed E-state index contributed by atoms with van der Waals surface area (Å²) in [6.45, 7) is 0. The molecule has 0 amide bonds. The monoisotopic (exact) mass is 224 g/mol. The Morgan fingerprint density at radius 3 is 3.07 bits per heavy atom. The van der Waals surface area contributed by atoms with Gasteiger partial charge in [-0.25, -0.2) is 4.68 Å². The number of hydrogen-bond acceptors (Lipinski definition) is 5. The van der Waals surface area contributed by atoms with Gasteiger partial charge in [-0.15, -0.1) is 5.10 Å². The second kappa shape index (κ2) is 4.18. The molecule has 2 aromatic heterocycles. The van der Waals surface area contributed by atoms with Gasteiger partial charge in [0.05, 0.1) is 12.5 Å². The van der Waals surface area contributed by atoms with Crippen LogP contribution in [0.5, 0.6) is 0 Å². The molecule has 15 heavy (non-hydrogen) atoms. The van der Waals surface area contributed by atoms with Crippen molar-refractivity contribution < 1.29 is 9.90 Å². The number of hydrogen-bond donors (Lipinski definition) is 1. The molecule has 2 rings (SSSR count). The fraction of sp³-hybridized carbons (Fsp3) is 0.250. The summed E-state index contributed by atoms with van der Waals surface area (Å²) in [6.07, 6.45) is 1.40. The number of tetrazole rings is 1. The number of rotatable bonds is 4.